The van der Waals surface area contributed by atoms with Gasteiger partial charge in [-0.05, 0) is 13.8 Å². The Hall–Kier alpha value is -0.463. The summed E-state index contributed by atoms with van der Waals surface area (Å²) in [7, 11) is 0. The number of hydrogen-bond donors (Lipinski definition) is 0. The van der Waals surface area contributed by atoms with Gasteiger partial charge in [-0.3, -0.25) is 4.79 Å². The van der Waals surface area contributed by atoms with Crippen LogP contribution >= 0.6 is 0 Å². The molecule has 5 heteroatoms. The zero-order chi connectivity index (χ0) is 8.85. The molecule has 0 fully saturated rings. The van der Waals surface area contributed by atoms with Gasteiger partial charge in [-0.1, -0.05) is 0 Å². The van der Waals surface area contributed by atoms with Crippen LogP contribution < -0.4 is 0 Å². The van der Waals surface area contributed by atoms with E-state index in [4.69, 9.17) is 0 Å². The molecule has 0 aliphatic carbocycles. The van der Waals surface area contributed by atoms with Crippen molar-refractivity contribution < 1.29 is 19.1 Å². The first kappa shape index (κ1) is 14.1. The van der Waals surface area contributed by atoms with Gasteiger partial charge in [0.2, 0.25) is 0 Å². The fourth-order valence-electron chi connectivity index (χ4n) is 0.457. The molecule has 0 aromatic carbocycles. The van der Waals surface area contributed by atoms with E-state index in [1.54, 1.807) is 13.8 Å². The monoisotopic (exact) mass is 167 g/mol. The Balaban J connectivity index is 0. The first-order valence-corrected chi connectivity index (χ1v) is 3.35. The molecule has 0 aliphatic rings. The summed E-state index contributed by atoms with van der Waals surface area (Å²) < 4.78 is 9.08. The molecule has 0 N–H and O–H groups in total. The maximum atomic E-state index is 10.7. The Morgan fingerprint density at radius 3 is 2.17 bits per heavy atom. The number of rotatable bonds is 3. The molecule has 0 unspecified atom stereocenters. The molecule has 0 aliphatic heterocycles. The summed E-state index contributed by atoms with van der Waals surface area (Å²) >= 11 is 0. The van der Waals surface area contributed by atoms with Crippen LogP contribution in [0.15, 0.2) is 0 Å². The average molecular weight is 167 g/mol. The predicted octanol–water partition coefficient (Wildman–Crippen LogP) is 0.120. The van der Waals surface area contributed by atoms with Crippen LogP contribution in [0, 0.1) is 0 Å². The van der Waals surface area contributed by atoms with Crippen LogP contribution in [-0.2, 0) is 19.1 Å². The van der Waals surface area contributed by atoms with Crippen molar-refractivity contribution in [3.05, 3.63) is 0 Å². The molecule has 0 aromatic heterocycles. The van der Waals surface area contributed by atoms with E-state index in [1.807, 2.05) is 0 Å². The van der Waals surface area contributed by atoms with Crippen LogP contribution in [0.3, 0.4) is 0 Å². The van der Waals surface area contributed by atoms with Gasteiger partial charge < -0.3 is 9.47 Å². The summed E-state index contributed by atoms with van der Waals surface area (Å²) in [6, 6.07) is 0. The Labute approximate surface area is 83.8 Å². The van der Waals surface area contributed by atoms with Gasteiger partial charge in [0.15, 0.2) is 6.61 Å². The smallest absolute Gasteiger partial charge is 0.344 e. The van der Waals surface area contributed by atoms with Gasteiger partial charge >= 0.3 is 11.9 Å². The number of esters is 2. The largest absolute Gasteiger partial charge is 0.460 e. The summed E-state index contributed by atoms with van der Waals surface area (Å²) in [6.45, 7) is 4.40. The van der Waals surface area contributed by atoms with Crippen molar-refractivity contribution in [1.29, 1.82) is 0 Å². The summed E-state index contributed by atoms with van der Waals surface area (Å²) in [4.78, 5) is 20.9. The number of carbonyl (C=O) groups is 2. The standard InChI is InChI=1S/C7H12O4.Li/c1-5(2)11-7(9)4-10-6(3)8;/h5H,4H2,1-3H3;. The third-order valence-electron chi connectivity index (χ3n) is 0.760. The maximum Gasteiger partial charge on any atom is 0.344 e. The van der Waals surface area contributed by atoms with Crippen LogP contribution in [-0.4, -0.2) is 43.5 Å². The van der Waals surface area contributed by atoms with E-state index in [0.29, 0.717) is 0 Å². The Bertz CT molecular complexity index is 155. The number of carbonyl (C=O) groups excluding carboxylic acids is 2. The van der Waals surface area contributed by atoms with Crippen LogP contribution in [0.5, 0.6) is 0 Å². The molecule has 0 bridgehead atoms. The fourth-order valence-corrected chi connectivity index (χ4v) is 0.457. The van der Waals surface area contributed by atoms with Crippen molar-refractivity contribution in [3.63, 3.8) is 0 Å². The van der Waals surface area contributed by atoms with Gasteiger partial charge in [-0.15, -0.1) is 0 Å². The van der Waals surface area contributed by atoms with E-state index in [2.05, 4.69) is 9.47 Å². The van der Waals surface area contributed by atoms with Gasteiger partial charge in [0.05, 0.1) is 6.10 Å². The van der Waals surface area contributed by atoms with Crippen LogP contribution in [0.4, 0.5) is 0 Å². The van der Waals surface area contributed by atoms with Crippen molar-refractivity contribution in [3.8, 4) is 0 Å². The molecule has 12 heavy (non-hydrogen) atoms. The second kappa shape index (κ2) is 7.20. The molecule has 65 valence electrons. The molecular formula is C7H12LiO4. The minimum atomic E-state index is -0.518. The molecule has 0 spiro atoms. The molecule has 0 aromatic rings. The number of hydrogen-bond acceptors (Lipinski definition) is 4. The van der Waals surface area contributed by atoms with Gasteiger partial charge in [0.25, 0.3) is 0 Å². The Kier molecular flexibility index (Phi) is 8.45. The van der Waals surface area contributed by atoms with Gasteiger partial charge in [0, 0.05) is 25.8 Å². The van der Waals surface area contributed by atoms with Crippen LogP contribution in [0.1, 0.15) is 20.8 Å². The van der Waals surface area contributed by atoms with Crippen molar-refractivity contribution in [2.75, 3.05) is 6.61 Å². The fraction of sp³-hybridized carbons (Fsp3) is 0.714. The molecule has 0 heterocycles. The molecule has 0 atom stereocenters. The first-order valence-electron chi connectivity index (χ1n) is 3.35. The second-order valence-electron chi connectivity index (χ2n) is 2.32. The van der Waals surface area contributed by atoms with Gasteiger partial charge in [0.1, 0.15) is 0 Å². The Morgan fingerprint density at radius 2 is 1.83 bits per heavy atom. The van der Waals surface area contributed by atoms with Crippen molar-refractivity contribution in [1.82, 2.24) is 0 Å². The molecule has 0 saturated heterocycles. The average Bonchev–Trinajstić information content (AvgIpc) is 1.82. The van der Waals surface area contributed by atoms with Crippen LogP contribution in [0.25, 0.3) is 0 Å². The van der Waals surface area contributed by atoms with E-state index >= 15 is 0 Å². The van der Waals surface area contributed by atoms with E-state index in [1.165, 1.54) is 6.92 Å². The van der Waals surface area contributed by atoms with E-state index in [-0.39, 0.29) is 31.6 Å². The van der Waals surface area contributed by atoms with E-state index in [0.717, 1.165) is 0 Å². The normalized spacial score (nSPS) is 8.67. The zero-order valence-corrected chi connectivity index (χ0v) is 7.92. The summed E-state index contributed by atoms with van der Waals surface area (Å²) in [5, 5.41) is 0. The molecule has 0 saturated carbocycles. The number of ether oxygens (including phenoxy) is 2. The maximum absolute atomic E-state index is 10.7. The molecule has 0 amide bonds. The topological polar surface area (TPSA) is 52.6 Å². The molecule has 1 radical (unpaired) electrons. The van der Waals surface area contributed by atoms with E-state index < -0.39 is 11.9 Å². The SMILES string of the molecule is CC(=O)OCC(=O)OC(C)C.[Li]. The molecular weight excluding hydrogens is 155 g/mol. The Morgan fingerprint density at radius 1 is 1.33 bits per heavy atom. The van der Waals surface area contributed by atoms with Crippen molar-refractivity contribution in [2.45, 2.75) is 26.9 Å². The van der Waals surface area contributed by atoms with Crippen LogP contribution in [0.2, 0.25) is 0 Å². The first-order chi connectivity index (χ1) is 5.02. The molecule has 4 nitrogen and oxygen atoms in total. The van der Waals surface area contributed by atoms with Crippen molar-refractivity contribution >= 4 is 30.8 Å². The minimum Gasteiger partial charge on any atom is -0.460 e. The summed E-state index contributed by atoms with van der Waals surface area (Å²) in [5.41, 5.74) is 0. The predicted molar refractivity (Wildman–Crippen MR) is 43.6 cm³/mol. The summed E-state index contributed by atoms with van der Waals surface area (Å²) in [6.07, 6.45) is -0.168. The van der Waals surface area contributed by atoms with Gasteiger partial charge in [-0.2, -0.15) is 0 Å². The third kappa shape index (κ3) is 9.54. The quantitative estimate of drug-likeness (QED) is 0.442. The zero-order valence-electron chi connectivity index (χ0n) is 7.92. The second-order valence-corrected chi connectivity index (χ2v) is 2.32. The summed E-state index contributed by atoms with van der Waals surface area (Å²) in [5.74, 6) is -0.999. The minimum absolute atomic E-state index is 0. The van der Waals surface area contributed by atoms with Gasteiger partial charge in [-0.25, -0.2) is 4.79 Å². The third-order valence-corrected chi connectivity index (χ3v) is 0.760. The van der Waals surface area contributed by atoms with E-state index in [9.17, 15) is 9.59 Å². The molecule has 0 rings (SSSR count). The van der Waals surface area contributed by atoms with Crippen molar-refractivity contribution in [2.24, 2.45) is 0 Å².